The molecule has 2 N–H and O–H groups in total. The molecule has 6 rings (SSSR count). The van der Waals surface area contributed by atoms with Crippen LogP contribution in [0.25, 0.3) is 27.7 Å². The Hall–Kier alpha value is -5.07. The van der Waals surface area contributed by atoms with Crippen LogP contribution in [0.4, 0.5) is 14.6 Å². The zero-order valence-electron chi connectivity index (χ0n) is 23.6. The highest BCUT2D eigenvalue weighted by Crippen LogP contribution is 2.34. The van der Waals surface area contributed by atoms with Crippen molar-refractivity contribution < 1.29 is 27.8 Å². The van der Waals surface area contributed by atoms with Gasteiger partial charge in [-0.25, -0.2) is 23.1 Å². The summed E-state index contributed by atoms with van der Waals surface area (Å²) < 4.78 is 40.9. The normalized spacial score (nSPS) is 14.7. The van der Waals surface area contributed by atoms with Crippen molar-refractivity contribution in [3.8, 4) is 16.9 Å². The van der Waals surface area contributed by atoms with Gasteiger partial charge in [0, 0.05) is 30.4 Å². The van der Waals surface area contributed by atoms with Gasteiger partial charge in [-0.1, -0.05) is 0 Å². The Bertz CT molecular complexity index is 1810. The molecule has 1 aromatic carbocycles. The second kappa shape index (κ2) is 11.3. The summed E-state index contributed by atoms with van der Waals surface area (Å²) >= 11 is 0. The zero-order valence-corrected chi connectivity index (χ0v) is 23.6. The number of anilines is 1. The number of nitrogens with zero attached hydrogens (tertiary/aromatic N) is 5. The molecule has 11 nitrogen and oxygen atoms in total. The summed E-state index contributed by atoms with van der Waals surface area (Å²) in [6.07, 6.45) is 5.69. The first kappa shape index (κ1) is 28.1. The number of pyridine rings is 2. The Kier molecular flexibility index (Phi) is 7.38. The van der Waals surface area contributed by atoms with Crippen molar-refractivity contribution in [3.05, 3.63) is 72.2 Å². The van der Waals surface area contributed by atoms with Gasteiger partial charge in [-0.2, -0.15) is 5.10 Å². The maximum atomic E-state index is 14.3. The number of piperidine rings is 1. The van der Waals surface area contributed by atoms with E-state index in [9.17, 15) is 18.4 Å². The lowest BCUT2D eigenvalue weighted by atomic mass is 9.86. The van der Waals surface area contributed by atoms with Gasteiger partial charge in [-0.15, -0.1) is 5.10 Å². The van der Waals surface area contributed by atoms with Crippen molar-refractivity contribution in [2.75, 3.05) is 31.2 Å². The van der Waals surface area contributed by atoms with Gasteiger partial charge < -0.3 is 19.7 Å². The van der Waals surface area contributed by atoms with Gasteiger partial charge in [0.2, 0.25) is 0 Å². The molecule has 5 aromatic rings. The van der Waals surface area contributed by atoms with Crippen molar-refractivity contribution in [3.63, 3.8) is 0 Å². The SMILES string of the molecule is CCOC(=O)C1(NC(=O)c2cc(F)ccc2F)CCN(c2ccc(-c3cc(OCC)cn4nc5[nH]ncc5c34)cn2)CC1. The number of aromatic amines is 1. The molecule has 4 aromatic heterocycles. The molecule has 0 aliphatic carbocycles. The number of nitrogens with one attached hydrogen (secondary N) is 2. The van der Waals surface area contributed by atoms with Crippen LogP contribution in [0.5, 0.6) is 5.75 Å². The number of carbonyl (C=O) groups is 2. The minimum absolute atomic E-state index is 0.109. The first-order valence-corrected chi connectivity index (χ1v) is 14.0. The number of halogens is 2. The number of aromatic nitrogens is 5. The molecule has 0 saturated carbocycles. The predicted molar refractivity (Wildman–Crippen MR) is 154 cm³/mol. The molecule has 0 unspecified atom stereocenters. The lowest BCUT2D eigenvalue weighted by molar-refractivity contribution is -0.151. The van der Waals surface area contributed by atoms with Crippen LogP contribution >= 0.6 is 0 Å². The van der Waals surface area contributed by atoms with Crippen molar-refractivity contribution in [2.45, 2.75) is 32.2 Å². The molecule has 0 spiro atoms. The van der Waals surface area contributed by atoms with Gasteiger partial charge in [-0.3, -0.25) is 9.89 Å². The number of ether oxygens (including phenoxy) is 2. The maximum absolute atomic E-state index is 14.3. The summed E-state index contributed by atoms with van der Waals surface area (Å²) in [5.41, 5.74) is 1.37. The van der Waals surface area contributed by atoms with Crippen LogP contribution in [0, 0.1) is 11.6 Å². The van der Waals surface area contributed by atoms with Crippen LogP contribution in [0.2, 0.25) is 0 Å². The summed E-state index contributed by atoms with van der Waals surface area (Å²) in [4.78, 5) is 32.7. The summed E-state index contributed by atoms with van der Waals surface area (Å²) in [5.74, 6) is -1.79. The van der Waals surface area contributed by atoms with Crippen LogP contribution in [0.15, 0.2) is 55.0 Å². The van der Waals surface area contributed by atoms with E-state index in [0.29, 0.717) is 36.9 Å². The summed E-state index contributed by atoms with van der Waals surface area (Å²) in [7, 11) is 0. The topological polar surface area (TPSA) is 127 Å². The molecule has 0 atom stereocenters. The monoisotopic (exact) mass is 589 g/mol. The molecule has 1 aliphatic rings. The van der Waals surface area contributed by atoms with Crippen LogP contribution in [-0.4, -0.2) is 68.5 Å². The van der Waals surface area contributed by atoms with Crippen molar-refractivity contribution in [2.24, 2.45) is 0 Å². The average molecular weight is 590 g/mol. The molecule has 43 heavy (non-hydrogen) atoms. The molecule has 5 heterocycles. The Labute approximate surface area is 244 Å². The highest BCUT2D eigenvalue weighted by atomic mass is 19.1. The van der Waals surface area contributed by atoms with E-state index in [1.54, 1.807) is 23.8 Å². The fourth-order valence-corrected chi connectivity index (χ4v) is 5.46. The van der Waals surface area contributed by atoms with Crippen molar-refractivity contribution in [1.82, 2.24) is 30.1 Å². The van der Waals surface area contributed by atoms with E-state index in [0.717, 1.165) is 40.2 Å². The standard InChI is InChI=1S/C30H29F2N7O4/c1-3-42-20-14-21(26-23-16-34-36-27(23)37-39(26)17-20)18-5-8-25(33-15-18)38-11-9-30(10-12-38,29(41)43-4-2)35-28(40)22-13-19(31)6-7-24(22)32/h5-8,13-17H,3-4,9-12H2,1-2H3,(H,35,40)(H,36,37). The minimum atomic E-state index is -1.40. The van der Waals surface area contributed by atoms with Crippen molar-refractivity contribution in [1.29, 1.82) is 0 Å². The number of benzene rings is 1. The molecule has 1 fully saturated rings. The number of fused-ring (bicyclic) bond motifs is 3. The van der Waals surface area contributed by atoms with Crippen LogP contribution in [-0.2, 0) is 9.53 Å². The number of hydrogen-bond donors (Lipinski definition) is 2. The number of amides is 1. The summed E-state index contributed by atoms with van der Waals surface area (Å²) in [6, 6.07) is 8.40. The van der Waals surface area contributed by atoms with Gasteiger partial charge in [0.05, 0.1) is 42.1 Å². The minimum Gasteiger partial charge on any atom is -0.492 e. The Balaban J connectivity index is 1.24. The molecular weight excluding hydrogens is 560 g/mol. The third-order valence-corrected chi connectivity index (χ3v) is 7.61. The fraction of sp³-hybridized carbons (Fsp3) is 0.300. The van der Waals surface area contributed by atoms with Crippen molar-refractivity contribution >= 4 is 34.2 Å². The second-order valence-corrected chi connectivity index (χ2v) is 10.2. The number of carbonyl (C=O) groups excluding carboxylic acids is 2. The zero-order chi connectivity index (χ0) is 30.1. The smallest absolute Gasteiger partial charge is 0.331 e. The quantitative estimate of drug-likeness (QED) is 0.257. The Morgan fingerprint density at radius 3 is 2.60 bits per heavy atom. The third kappa shape index (κ3) is 5.22. The number of H-pyrrole nitrogens is 1. The highest BCUT2D eigenvalue weighted by molar-refractivity contribution is 6.01. The largest absolute Gasteiger partial charge is 0.492 e. The molecule has 0 bridgehead atoms. The van der Waals surface area contributed by atoms with E-state index in [-0.39, 0.29) is 19.4 Å². The molecule has 13 heteroatoms. The molecule has 222 valence electrons. The lowest BCUT2D eigenvalue weighted by Crippen LogP contribution is -2.61. The molecule has 1 amide bonds. The van der Waals surface area contributed by atoms with E-state index in [2.05, 4.69) is 20.6 Å². The maximum Gasteiger partial charge on any atom is 0.331 e. The van der Waals surface area contributed by atoms with Gasteiger partial charge >= 0.3 is 5.97 Å². The Morgan fingerprint density at radius 2 is 1.88 bits per heavy atom. The first-order chi connectivity index (χ1) is 20.8. The van der Waals surface area contributed by atoms with Gasteiger partial charge in [-0.05, 0) is 63.1 Å². The van der Waals surface area contributed by atoms with E-state index in [1.165, 1.54) is 0 Å². The van der Waals surface area contributed by atoms with Crippen LogP contribution in [0.1, 0.15) is 37.0 Å². The highest BCUT2D eigenvalue weighted by Gasteiger charge is 2.44. The molecule has 0 radical (unpaired) electrons. The number of esters is 1. The van der Waals surface area contributed by atoms with E-state index < -0.39 is 34.6 Å². The first-order valence-electron chi connectivity index (χ1n) is 14.0. The van der Waals surface area contributed by atoms with Gasteiger partial charge in [0.25, 0.3) is 5.91 Å². The van der Waals surface area contributed by atoms with Gasteiger partial charge in [0.1, 0.15) is 28.7 Å². The lowest BCUT2D eigenvalue weighted by Gasteiger charge is -2.40. The summed E-state index contributed by atoms with van der Waals surface area (Å²) in [5, 5.41) is 15.1. The second-order valence-electron chi connectivity index (χ2n) is 10.2. The molecule has 1 aliphatic heterocycles. The van der Waals surface area contributed by atoms with Crippen LogP contribution in [0.3, 0.4) is 0 Å². The molecular formula is C30H29F2N7O4. The third-order valence-electron chi connectivity index (χ3n) is 7.61. The summed E-state index contributed by atoms with van der Waals surface area (Å²) in [6.45, 7) is 4.91. The number of rotatable bonds is 8. The Morgan fingerprint density at radius 1 is 1.07 bits per heavy atom. The van der Waals surface area contributed by atoms with Crippen LogP contribution < -0.4 is 15.0 Å². The van der Waals surface area contributed by atoms with E-state index in [1.807, 2.05) is 36.2 Å². The number of hydrogen-bond acceptors (Lipinski definition) is 8. The average Bonchev–Trinajstić information content (AvgIpc) is 3.60. The predicted octanol–water partition coefficient (Wildman–Crippen LogP) is 4.28. The fourth-order valence-electron chi connectivity index (χ4n) is 5.46. The molecule has 1 saturated heterocycles. The van der Waals surface area contributed by atoms with E-state index in [4.69, 9.17) is 14.5 Å². The van der Waals surface area contributed by atoms with E-state index >= 15 is 0 Å². The van der Waals surface area contributed by atoms with Gasteiger partial charge in [0.15, 0.2) is 5.65 Å².